The fourth-order valence-corrected chi connectivity index (χ4v) is 5.36. The van der Waals surface area contributed by atoms with Gasteiger partial charge in [-0.25, -0.2) is 4.39 Å². The first-order valence-corrected chi connectivity index (χ1v) is 11.3. The van der Waals surface area contributed by atoms with Crippen molar-refractivity contribution in [1.82, 2.24) is 9.80 Å². The van der Waals surface area contributed by atoms with Crippen LogP contribution in [0.15, 0.2) is 30.3 Å². The van der Waals surface area contributed by atoms with Crippen molar-refractivity contribution < 1.29 is 13.9 Å². The summed E-state index contributed by atoms with van der Waals surface area (Å²) in [5.74, 6) is 0.220. The third kappa shape index (κ3) is 4.98. The SMILES string of the molecule is CC(C)CN1CCC(Oc2cc3c(s2)CN(C(=O)c2cccc(F)c2)CC3)CC1. The van der Waals surface area contributed by atoms with Crippen molar-refractivity contribution >= 4 is 17.2 Å². The first kappa shape index (κ1) is 20.4. The summed E-state index contributed by atoms with van der Waals surface area (Å²) in [7, 11) is 0. The highest BCUT2D eigenvalue weighted by atomic mass is 32.1. The lowest BCUT2D eigenvalue weighted by Crippen LogP contribution is -2.39. The van der Waals surface area contributed by atoms with Crippen molar-refractivity contribution in [2.45, 2.75) is 45.8 Å². The highest BCUT2D eigenvalue weighted by Gasteiger charge is 2.26. The number of carbonyl (C=O) groups is 1. The third-order valence-corrected chi connectivity index (χ3v) is 6.71. The van der Waals surface area contributed by atoms with Gasteiger partial charge >= 0.3 is 0 Å². The molecule has 0 spiro atoms. The topological polar surface area (TPSA) is 32.8 Å². The Labute approximate surface area is 176 Å². The number of thiophene rings is 1. The van der Waals surface area contributed by atoms with E-state index in [1.54, 1.807) is 23.5 Å². The molecule has 1 aromatic carbocycles. The van der Waals surface area contributed by atoms with Gasteiger partial charge in [0.25, 0.3) is 5.91 Å². The molecule has 4 nitrogen and oxygen atoms in total. The second kappa shape index (κ2) is 8.84. The van der Waals surface area contributed by atoms with E-state index in [1.807, 2.05) is 4.90 Å². The number of carbonyl (C=O) groups excluding carboxylic acids is 1. The molecule has 2 aliphatic heterocycles. The lowest BCUT2D eigenvalue weighted by Gasteiger charge is -2.32. The average Bonchev–Trinajstić information content (AvgIpc) is 3.10. The molecule has 2 aliphatic rings. The van der Waals surface area contributed by atoms with Gasteiger partial charge in [-0.1, -0.05) is 19.9 Å². The van der Waals surface area contributed by atoms with Crippen LogP contribution in [-0.4, -0.2) is 48.0 Å². The van der Waals surface area contributed by atoms with E-state index in [4.69, 9.17) is 4.74 Å². The van der Waals surface area contributed by atoms with Crippen LogP contribution in [-0.2, 0) is 13.0 Å². The smallest absolute Gasteiger partial charge is 0.254 e. The van der Waals surface area contributed by atoms with Crippen LogP contribution in [0.25, 0.3) is 0 Å². The minimum atomic E-state index is -0.375. The number of nitrogens with zero attached hydrogens (tertiary/aromatic N) is 2. The molecule has 1 fully saturated rings. The maximum atomic E-state index is 13.5. The van der Waals surface area contributed by atoms with Gasteiger partial charge in [0.2, 0.25) is 0 Å². The number of hydrogen-bond donors (Lipinski definition) is 0. The van der Waals surface area contributed by atoms with Crippen molar-refractivity contribution in [3.63, 3.8) is 0 Å². The number of rotatable bonds is 5. The number of hydrogen-bond acceptors (Lipinski definition) is 4. The van der Waals surface area contributed by atoms with E-state index in [9.17, 15) is 9.18 Å². The van der Waals surface area contributed by atoms with E-state index >= 15 is 0 Å². The van der Waals surface area contributed by atoms with E-state index < -0.39 is 0 Å². The predicted octanol–water partition coefficient (Wildman–Crippen LogP) is 4.58. The van der Waals surface area contributed by atoms with Crippen LogP contribution in [0.3, 0.4) is 0 Å². The largest absolute Gasteiger partial charge is 0.481 e. The van der Waals surface area contributed by atoms with Crippen molar-refractivity contribution in [2.24, 2.45) is 5.92 Å². The zero-order chi connectivity index (χ0) is 20.4. The number of halogens is 1. The fraction of sp³-hybridized carbons (Fsp3) is 0.522. The number of fused-ring (bicyclic) bond motifs is 1. The number of likely N-dealkylation sites (tertiary alicyclic amines) is 1. The van der Waals surface area contributed by atoms with Crippen LogP contribution < -0.4 is 4.74 Å². The monoisotopic (exact) mass is 416 g/mol. The van der Waals surface area contributed by atoms with Crippen LogP contribution in [0.1, 0.15) is 47.5 Å². The molecule has 6 heteroatoms. The summed E-state index contributed by atoms with van der Waals surface area (Å²) in [6.45, 7) is 9.13. The maximum Gasteiger partial charge on any atom is 0.254 e. The lowest BCUT2D eigenvalue weighted by molar-refractivity contribution is 0.0736. The van der Waals surface area contributed by atoms with Crippen LogP contribution >= 0.6 is 11.3 Å². The first-order chi connectivity index (χ1) is 14.0. The number of benzene rings is 1. The first-order valence-electron chi connectivity index (χ1n) is 10.5. The number of amides is 1. The molecule has 1 aromatic heterocycles. The number of piperidine rings is 1. The molecule has 0 atom stereocenters. The van der Waals surface area contributed by atoms with Crippen molar-refractivity contribution in [3.05, 3.63) is 52.2 Å². The second-order valence-electron chi connectivity index (χ2n) is 8.51. The van der Waals surface area contributed by atoms with E-state index in [1.165, 1.54) is 22.6 Å². The van der Waals surface area contributed by atoms with Gasteiger partial charge < -0.3 is 14.5 Å². The van der Waals surface area contributed by atoms with Gasteiger partial charge in [-0.05, 0) is 55.0 Å². The highest BCUT2D eigenvalue weighted by molar-refractivity contribution is 7.14. The van der Waals surface area contributed by atoms with E-state index in [2.05, 4.69) is 24.8 Å². The van der Waals surface area contributed by atoms with Crippen molar-refractivity contribution in [2.75, 3.05) is 26.2 Å². The Hall–Kier alpha value is -1.92. The molecule has 3 heterocycles. The molecule has 29 heavy (non-hydrogen) atoms. The number of ether oxygens (including phenoxy) is 1. The predicted molar refractivity (Wildman–Crippen MR) is 114 cm³/mol. The summed E-state index contributed by atoms with van der Waals surface area (Å²) in [4.78, 5) is 18.2. The molecule has 0 N–H and O–H groups in total. The minimum Gasteiger partial charge on any atom is -0.481 e. The van der Waals surface area contributed by atoms with Crippen LogP contribution in [0.2, 0.25) is 0 Å². The minimum absolute atomic E-state index is 0.108. The van der Waals surface area contributed by atoms with Crippen LogP contribution in [0, 0.1) is 11.7 Å². The van der Waals surface area contributed by atoms with Crippen LogP contribution in [0.4, 0.5) is 4.39 Å². The van der Waals surface area contributed by atoms with Gasteiger partial charge in [0.15, 0.2) is 5.06 Å². The molecule has 0 bridgehead atoms. The van der Waals surface area contributed by atoms with E-state index in [0.717, 1.165) is 44.0 Å². The molecule has 0 unspecified atom stereocenters. The summed E-state index contributed by atoms with van der Waals surface area (Å²) in [5, 5.41) is 0.970. The molecular weight excluding hydrogens is 387 g/mol. The average molecular weight is 417 g/mol. The van der Waals surface area contributed by atoms with Crippen LogP contribution in [0.5, 0.6) is 5.06 Å². The normalized spacial score (nSPS) is 18.1. The molecular formula is C23H29FN2O2S. The van der Waals surface area contributed by atoms with Crippen molar-refractivity contribution in [1.29, 1.82) is 0 Å². The fourth-order valence-electron chi connectivity index (χ4n) is 4.22. The summed E-state index contributed by atoms with van der Waals surface area (Å²) in [5.41, 5.74) is 1.69. The summed E-state index contributed by atoms with van der Waals surface area (Å²) in [6, 6.07) is 8.09. The molecule has 4 rings (SSSR count). The van der Waals surface area contributed by atoms with Crippen molar-refractivity contribution in [3.8, 4) is 5.06 Å². The third-order valence-electron chi connectivity index (χ3n) is 5.66. The molecule has 2 aromatic rings. The Kier molecular flexibility index (Phi) is 6.20. The summed E-state index contributed by atoms with van der Waals surface area (Å²) >= 11 is 1.66. The molecule has 0 aliphatic carbocycles. The van der Waals surface area contributed by atoms with Gasteiger partial charge in [-0.3, -0.25) is 4.79 Å². The molecule has 0 saturated carbocycles. The highest BCUT2D eigenvalue weighted by Crippen LogP contribution is 2.35. The zero-order valence-corrected chi connectivity index (χ0v) is 18.0. The van der Waals surface area contributed by atoms with Gasteiger partial charge in [0.05, 0.1) is 6.54 Å². The Morgan fingerprint density at radius 3 is 2.76 bits per heavy atom. The Bertz CT molecular complexity index is 858. The van der Waals surface area contributed by atoms with Gasteiger partial charge in [0, 0.05) is 36.6 Å². The Morgan fingerprint density at radius 2 is 2.03 bits per heavy atom. The second-order valence-corrected chi connectivity index (χ2v) is 9.61. The Morgan fingerprint density at radius 1 is 1.24 bits per heavy atom. The maximum absolute atomic E-state index is 13.5. The van der Waals surface area contributed by atoms with E-state index in [0.29, 0.717) is 24.6 Å². The standard InChI is InChI=1S/C23H29FN2O2S/c1-16(2)14-25-9-7-20(8-10-25)28-22-13-17-6-11-26(15-21(17)29-22)23(27)18-4-3-5-19(24)12-18/h3-5,12-13,16,20H,6-11,14-15H2,1-2H3. The van der Waals surface area contributed by atoms with Gasteiger partial charge in [-0.15, -0.1) is 11.3 Å². The van der Waals surface area contributed by atoms with Gasteiger partial charge in [-0.2, -0.15) is 0 Å². The molecule has 1 saturated heterocycles. The molecule has 156 valence electrons. The summed E-state index contributed by atoms with van der Waals surface area (Å²) < 4.78 is 19.8. The lowest BCUT2D eigenvalue weighted by atomic mass is 10.1. The summed E-state index contributed by atoms with van der Waals surface area (Å²) in [6.07, 6.45) is 3.24. The van der Waals surface area contributed by atoms with Gasteiger partial charge in [0.1, 0.15) is 11.9 Å². The quantitative estimate of drug-likeness (QED) is 0.715. The zero-order valence-electron chi connectivity index (χ0n) is 17.2. The van der Waals surface area contributed by atoms with E-state index in [-0.39, 0.29) is 17.8 Å². The molecule has 0 radical (unpaired) electrons. The molecule has 1 amide bonds. The Balaban J connectivity index is 1.35.